The van der Waals surface area contributed by atoms with Gasteiger partial charge in [-0.3, -0.25) is 0 Å². The van der Waals surface area contributed by atoms with E-state index in [1.807, 2.05) is 6.26 Å². The van der Waals surface area contributed by atoms with Gasteiger partial charge in [-0.2, -0.15) is 0 Å². The number of furan rings is 1. The molecule has 0 radical (unpaired) electrons. The van der Waals surface area contributed by atoms with Crippen LogP contribution in [0.4, 0.5) is 0 Å². The van der Waals surface area contributed by atoms with Crippen LogP contribution in [0.1, 0.15) is 36.6 Å². The molecule has 2 heteroatoms. The van der Waals surface area contributed by atoms with Crippen molar-refractivity contribution in [2.75, 3.05) is 6.54 Å². The van der Waals surface area contributed by atoms with E-state index >= 15 is 0 Å². The van der Waals surface area contributed by atoms with E-state index in [0.717, 1.165) is 24.3 Å². The van der Waals surface area contributed by atoms with Crippen molar-refractivity contribution < 1.29 is 4.42 Å². The Hall–Kier alpha value is -0.760. The van der Waals surface area contributed by atoms with E-state index in [0.29, 0.717) is 6.04 Å². The van der Waals surface area contributed by atoms with E-state index in [-0.39, 0.29) is 0 Å². The Kier molecular flexibility index (Phi) is 1.21. The van der Waals surface area contributed by atoms with Gasteiger partial charge in [0.15, 0.2) is 0 Å². The van der Waals surface area contributed by atoms with Crippen molar-refractivity contribution in [1.82, 2.24) is 5.32 Å². The fourth-order valence-corrected chi connectivity index (χ4v) is 3.23. The Labute approximate surface area is 83.7 Å². The monoisotopic (exact) mass is 189 g/mol. The van der Waals surface area contributed by atoms with Crippen molar-refractivity contribution in [3.63, 3.8) is 0 Å². The van der Waals surface area contributed by atoms with Crippen LogP contribution in [0.15, 0.2) is 16.7 Å². The van der Waals surface area contributed by atoms with Crippen LogP contribution in [0.25, 0.3) is 0 Å². The van der Waals surface area contributed by atoms with Crippen molar-refractivity contribution >= 4 is 0 Å². The third-order valence-electron chi connectivity index (χ3n) is 4.38. The van der Waals surface area contributed by atoms with Crippen LogP contribution in [-0.2, 0) is 6.42 Å². The Morgan fingerprint density at radius 2 is 2.36 bits per heavy atom. The van der Waals surface area contributed by atoms with Gasteiger partial charge in [-0.1, -0.05) is 0 Å². The van der Waals surface area contributed by atoms with Crippen molar-refractivity contribution in [2.24, 2.45) is 11.3 Å². The zero-order chi connectivity index (χ0) is 9.17. The fourth-order valence-electron chi connectivity index (χ4n) is 3.23. The first-order valence-electron chi connectivity index (χ1n) is 5.69. The van der Waals surface area contributed by atoms with Crippen LogP contribution < -0.4 is 5.32 Å². The molecule has 1 aromatic heterocycles. The molecule has 2 atom stereocenters. The van der Waals surface area contributed by atoms with Gasteiger partial charge < -0.3 is 9.73 Å². The van der Waals surface area contributed by atoms with Gasteiger partial charge >= 0.3 is 0 Å². The Bertz CT molecular complexity index is 377. The molecular formula is C12H15NO. The maximum Gasteiger partial charge on any atom is 0.109 e. The van der Waals surface area contributed by atoms with Gasteiger partial charge in [-0.25, -0.2) is 0 Å². The SMILES string of the molecule is c1cc2c(o1)CCNC2C1CC12CC2. The molecule has 1 N–H and O–H groups in total. The molecule has 2 heterocycles. The third kappa shape index (κ3) is 0.850. The van der Waals surface area contributed by atoms with E-state index in [1.54, 1.807) is 0 Å². The van der Waals surface area contributed by atoms with Gasteiger partial charge in [0.2, 0.25) is 0 Å². The van der Waals surface area contributed by atoms with Crippen LogP contribution in [-0.4, -0.2) is 6.54 Å². The summed E-state index contributed by atoms with van der Waals surface area (Å²) in [7, 11) is 0. The smallest absolute Gasteiger partial charge is 0.109 e. The van der Waals surface area contributed by atoms with Crippen LogP contribution in [0, 0.1) is 11.3 Å². The van der Waals surface area contributed by atoms with Gasteiger partial charge in [-0.15, -0.1) is 0 Å². The molecule has 2 nitrogen and oxygen atoms in total. The van der Waals surface area contributed by atoms with E-state index in [1.165, 1.54) is 30.6 Å². The molecule has 2 aliphatic carbocycles. The minimum atomic E-state index is 0.611. The molecule has 1 aromatic rings. The molecule has 2 fully saturated rings. The average molecular weight is 189 g/mol. The summed E-state index contributed by atoms with van der Waals surface area (Å²) in [6.07, 6.45) is 7.33. The van der Waals surface area contributed by atoms with E-state index < -0.39 is 0 Å². The molecule has 14 heavy (non-hydrogen) atoms. The minimum Gasteiger partial charge on any atom is -0.469 e. The lowest BCUT2D eigenvalue weighted by atomic mass is 9.96. The molecule has 1 spiro atoms. The molecule has 3 aliphatic rings. The van der Waals surface area contributed by atoms with Gasteiger partial charge in [0.25, 0.3) is 0 Å². The topological polar surface area (TPSA) is 25.2 Å². The first kappa shape index (κ1) is 7.52. The second-order valence-electron chi connectivity index (χ2n) is 5.15. The van der Waals surface area contributed by atoms with Crippen molar-refractivity contribution in [2.45, 2.75) is 31.7 Å². The maximum absolute atomic E-state index is 5.51. The average Bonchev–Trinajstić information content (AvgIpc) is 3.08. The van der Waals surface area contributed by atoms with Crippen LogP contribution in [0.5, 0.6) is 0 Å². The van der Waals surface area contributed by atoms with Crippen molar-refractivity contribution in [1.29, 1.82) is 0 Å². The predicted molar refractivity (Wildman–Crippen MR) is 52.9 cm³/mol. The number of hydrogen-bond acceptors (Lipinski definition) is 2. The lowest BCUT2D eigenvalue weighted by molar-refractivity contribution is 0.394. The minimum absolute atomic E-state index is 0.611. The third-order valence-corrected chi connectivity index (χ3v) is 4.38. The summed E-state index contributed by atoms with van der Waals surface area (Å²) in [4.78, 5) is 0. The van der Waals surface area contributed by atoms with Gasteiger partial charge in [0.05, 0.1) is 6.26 Å². The summed E-state index contributed by atoms with van der Waals surface area (Å²) in [6, 6.07) is 2.78. The highest BCUT2D eigenvalue weighted by Crippen LogP contribution is 2.74. The summed E-state index contributed by atoms with van der Waals surface area (Å²) in [5.41, 5.74) is 2.23. The second-order valence-corrected chi connectivity index (χ2v) is 5.15. The van der Waals surface area contributed by atoms with Crippen molar-refractivity contribution in [3.8, 4) is 0 Å². The lowest BCUT2D eigenvalue weighted by Crippen LogP contribution is -2.30. The van der Waals surface area contributed by atoms with Gasteiger partial charge in [0.1, 0.15) is 5.76 Å². The van der Waals surface area contributed by atoms with E-state index in [9.17, 15) is 0 Å². The van der Waals surface area contributed by atoms with Crippen LogP contribution in [0.3, 0.4) is 0 Å². The molecular weight excluding hydrogens is 174 g/mol. The van der Waals surface area contributed by atoms with Gasteiger partial charge in [-0.05, 0) is 36.7 Å². The largest absolute Gasteiger partial charge is 0.469 e. The number of nitrogens with one attached hydrogen (secondary N) is 1. The standard InChI is InChI=1S/C12H15NO/c1-5-13-11(8-2-6-14-10(1)8)9-7-12(9)3-4-12/h2,6,9,11,13H,1,3-5,7H2. The molecule has 0 amide bonds. The lowest BCUT2D eigenvalue weighted by Gasteiger charge is -2.23. The molecule has 74 valence electrons. The zero-order valence-electron chi connectivity index (χ0n) is 8.25. The summed E-state index contributed by atoms with van der Waals surface area (Å²) in [6.45, 7) is 1.10. The normalized spacial score (nSPS) is 36.9. The molecule has 1 aliphatic heterocycles. The molecule has 0 saturated heterocycles. The Morgan fingerprint density at radius 3 is 3.14 bits per heavy atom. The maximum atomic E-state index is 5.51. The highest BCUT2D eigenvalue weighted by molar-refractivity contribution is 5.30. The van der Waals surface area contributed by atoms with Crippen LogP contribution >= 0.6 is 0 Å². The molecule has 0 aromatic carbocycles. The first-order valence-corrected chi connectivity index (χ1v) is 5.69. The quantitative estimate of drug-likeness (QED) is 0.733. The van der Waals surface area contributed by atoms with E-state index in [4.69, 9.17) is 4.42 Å². The van der Waals surface area contributed by atoms with Gasteiger partial charge in [0, 0.05) is 24.6 Å². The highest BCUT2D eigenvalue weighted by atomic mass is 16.3. The Morgan fingerprint density at radius 1 is 1.43 bits per heavy atom. The number of fused-ring (bicyclic) bond motifs is 1. The summed E-state index contributed by atoms with van der Waals surface area (Å²) >= 11 is 0. The molecule has 4 rings (SSSR count). The number of hydrogen-bond donors (Lipinski definition) is 1. The van der Waals surface area contributed by atoms with E-state index in [2.05, 4.69) is 11.4 Å². The fraction of sp³-hybridized carbons (Fsp3) is 0.667. The predicted octanol–water partition coefficient (Wildman–Crippen LogP) is 2.27. The number of rotatable bonds is 1. The molecule has 2 saturated carbocycles. The summed E-state index contributed by atoms with van der Waals surface area (Å²) < 4.78 is 5.51. The first-order chi connectivity index (χ1) is 6.89. The summed E-state index contributed by atoms with van der Waals surface area (Å²) in [5.74, 6) is 2.15. The summed E-state index contributed by atoms with van der Waals surface area (Å²) in [5, 5.41) is 3.66. The highest BCUT2D eigenvalue weighted by Gasteiger charge is 2.65. The second kappa shape index (κ2) is 2.25. The van der Waals surface area contributed by atoms with Crippen molar-refractivity contribution in [3.05, 3.63) is 23.7 Å². The molecule has 2 unspecified atom stereocenters. The Balaban J connectivity index is 1.69. The zero-order valence-corrected chi connectivity index (χ0v) is 8.25. The molecule has 0 bridgehead atoms. The van der Waals surface area contributed by atoms with Crippen LogP contribution in [0.2, 0.25) is 0 Å².